The molecular formula is C19H18BrN3O. The Morgan fingerprint density at radius 1 is 1.17 bits per heavy atom. The van der Waals surface area contributed by atoms with Gasteiger partial charge in [0, 0.05) is 47.1 Å². The van der Waals surface area contributed by atoms with Crippen LogP contribution in [0.3, 0.4) is 0 Å². The van der Waals surface area contributed by atoms with E-state index in [2.05, 4.69) is 56.2 Å². The lowest BCUT2D eigenvalue weighted by Gasteiger charge is -2.31. The van der Waals surface area contributed by atoms with Crippen molar-refractivity contribution in [3.63, 3.8) is 0 Å². The maximum Gasteiger partial charge on any atom is 0.255 e. The van der Waals surface area contributed by atoms with Crippen molar-refractivity contribution >= 4 is 32.7 Å². The number of amides is 1. The van der Waals surface area contributed by atoms with E-state index in [1.165, 1.54) is 16.6 Å². The molecular weight excluding hydrogens is 366 g/mol. The summed E-state index contributed by atoms with van der Waals surface area (Å²) in [7, 11) is 0. The average Bonchev–Trinajstić information content (AvgIpc) is 3.05. The molecule has 0 bridgehead atoms. The van der Waals surface area contributed by atoms with Crippen molar-refractivity contribution in [3.8, 4) is 0 Å². The van der Waals surface area contributed by atoms with Gasteiger partial charge in [0.25, 0.3) is 5.91 Å². The number of halogens is 1. The summed E-state index contributed by atoms with van der Waals surface area (Å²) in [5.74, 6) is 0.556. The highest BCUT2D eigenvalue weighted by molar-refractivity contribution is 9.10. The molecule has 0 spiro atoms. The summed E-state index contributed by atoms with van der Waals surface area (Å²) in [5.41, 5.74) is 3.12. The zero-order valence-electron chi connectivity index (χ0n) is 13.2. The van der Waals surface area contributed by atoms with Gasteiger partial charge in [-0.25, -0.2) is 0 Å². The number of benzene rings is 1. The van der Waals surface area contributed by atoms with Gasteiger partial charge in [0.1, 0.15) is 0 Å². The SMILES string of the molecule is O=C(c1cncc(Br)c1)N1CCC(c2cc3ccccc3[nH]2)CC1. The Labute approximate surface area is 149 Å². The van der Waals surface area contributed by atoms with E-state index in [1.54, 1.807) is 12.4 Å². The first-order valence-electron chi connectivity index (χ1n) is 8.18. The Morgan fingerprint density at radius 2 is 1.96 bits per heavy atom. The number of para-hydroxylation sites is 1. The normalized spacial score (nSPS) is 15.8. The Morgan fingerprint density at radius 3 is 2.71 bits per heavy atom. The Bertz CT molecular complexity index is 848. The predicted octanol–water partition coefficient (Wildman–Crippen LogP) is 4.35. The van der Waals surface area contributed by atoms with E-state index >= 15 is 0 Å². The number of likely N-dealkylation sites (tertiary alicyclic amines) is 1. The predicted molar refractivity (Wildman–Crippen MR) is 98.1 cm³/mol. The molecule has 0 atom stereocenters. The Hall–Kier alpha value is -2.14. The van der Waals surface area contributed by atoms with Crippen molar-refractivity contribution in [2.75, 3.05) is 13.1 Å². The topological polar surface area (TPSA) is 49.0 Å². The second-order valence-electron chi connectivity index (χ2n) is 6.27. The summed E-state index contributed by atoms with van der Waals surface area (Å²) in [6.45, 7) is 1.57. The van der Waals surface area contributed by atoms with E-state index in [9.17, 15) is 4.79 Å². The summed E-state index contributed by atoms with van der Waals surface area (Å²) >= 11 is 3.37. The number of aromatic amines is 1. The van der Waals surface area contributed by atoms with Crippen LogP contribution in [0.25, 0.3) is 10.9 Å². The van der Waals surface area contributed by atoms with Gasteiger partial charge in [0.2, 0.25) is 0 Å². The number of pyridine rings is 1. The van der Waals surface area contributed by atoms with Crippen LogP contribution in [0.2, 0.25) is 0 Å². The van der Waals surface area contributed by atoms with Gasteiger partial charge in [-0.15, -0.1) is 0 Å². The highest BCUT2D eigenvalue weighted by Gasteiger charge is 2.25. The van der Waals surface area contributed by atoms with Crippen LogP contribution in [0, 0.1) is 0 Å². The molecule has 1 fully saturated rings. The molecule has 4 rings (SSSR count). The molecule has 0 aliphatic carbocycles. The average molecular weight is 384 g/mol. The summed E-state index contributed by atoms with van der Waals surface area (Å²) in [4.78, 5) is 22.1. The molecule has 3 aromatic rings. The van der Waals surface area contributed by atoms with Gasteiger partial charge in [-0.3, -0.25) is 9.78 Å². The molecule has 0 radical (unpaired) electrons. The number of carbonyl (C=O) groups is 1. The number of rotatable bonds is 2. The fraction of sp³-hybridized carbons (Fsp3) is 0.263. The van der Waals surface area contributed by atoms with Crippen molar-refractivity contribution in [2.45, 2.75) is 18.8 Å². The zero-order chi connectivity index (χ0) is 16.5. The maximum absolute atomic E-state index is 12.6. The van der Waals surface area contributed by atoms with Crippen LogP contribution in [0.4, 0.5) is 0 Å². The number of piperidine rings is 1. The number of nitrogens with zero attached hydrogens (tertiary/aromatic N) is 2. The molecule has 24 heavy (non-hydrogen) atoms. The van der Waals surface area contributed by atoms with Crippen LogP contribution in [0.5, 0.6) is 0 Å². The molecule has 0 unspecified atom stereocenters. The maximum atomic E-state index is 12.6. The minimum absolute atomic E-state index is 0.0684. The molecule has 0 saturated carbocycles. The summed E-state index contributed by atoms with van der Waals surface area (Å²) < 4.78 is 0.835. The molecule has 122 valence electrons. The number of nitrogens with one attached hydrogen (secondary N) is 1. The smallest absolute Gasteiger partial charge is 0.255 e. The third-order valence-electron chi connectivity index (χ3n) is 4.72. The molecule has 1 saturated heterocycles. The lowest BCUT2D eigenvalue weighted by Crippen LogP contribution is -2.38. The highest BCUT2D eigenvalue weighted by atomic mass is 79.9. The first-order valence-corrected chi connectivity index (χ1v) is 8.97. The van der Waals surface area contributed by atoms with E-state index in [0.717, 1.165) is 30.4 Å². The molecule has 1 amide bonds. The second-order valence-corrected chi connectivity index (χ2v) is 7.19. The molecule has 1 aromatic carbocycles. The van der Waals surface area contributed by atoms with Crippen molar-refractivity contribution in [1.82, 2.24) is 14.9 Å². The van der Waals surface area contributed by atoms with Gasteiger partial charge in [0.05, 0.1) is 5.56 Å². The van der Waals surface area contributed by atoms with E-state index in [4.69, 9.17) is 0 Å². The standard InChI is InChI=1S/C19H18BrN3O/c20-16-9-15(11-21-12-16)19(24)23-7-5-13(6-8-23)18-10-14-3-1-2-4-17(14)22-18/h1-4,9-13,22H,5-8H2. The number of aromatic nitrogens is 2. The van der Waals surface area contributed by atoms with E-state index in [1.807, 2.05) is 11.0 Å². The minimum Gasteiger partial charge on any atom is -0.358 e. The van der Waals surface area contributed by atoms with E-state index in [-0.39, 0.29) is 5.91 Å². The Kier molecular flexibility index (Phi) is 4.10. The van der Waals surface area contributed by atoms with Crippen molar-refractivity contribution in [3.05, 3.63) is 64.5 Å². The molecule has 3 heterocycles. The largest absolute Gasteiger partial charge is 0.358 e. The third kappa shape index (κ3) is 2.96. The van der Waals surface area contributed by atoms with Crippen molar-refractivity contribution in [1.29, 1.82) is 0 Å². The highest BCUT2D eigenvalue weighted by Crippen LogP contribution is 2.30. The number of fused-ring (bicyclic) bond motifs is 1. The quantitative estimate of drug-likeness (QED) is 0.715. The van der Waals surface area contributed by atoms with Gasteiger partial charge < -0.3 is 9.88 Å². The zero-order valence-corrected chi connectivity index (χ0v) is 14.8. The first-order chi connectivity index (χ1) is 11.7. The van der Waals surface area contributed by atoms with Crippen LogP contribution in [0.1, 0.15) is 34.8 Å². The monoisotopic (exact) mass is 383 g/mol. The minimum atomic E-state index is 0.0684. The van der Waals surface area contributed by atoms with Gasteiger partial charge in [-0.05, 0) is 52.4 Å². The Balaban J connectivity index is 1.45. The molecule has 1 aliphatic rings. The van der Waals surface area contributed by atoms with E-state index < -0.39 is 0 Å². The number of carbonyl (C=O) groups excluding carboxylic acids is 1. The molecule has 2 aromatic heterocycles. The number of hydrogen-bond acceptors (Lipinski definition) is 2. The molecule has 4 nitrogen and oxygen atoms in total. The fourth-order valence-electron chi connectivity index (χ4n) is 3.42. The summed E-state index contributed by atoms with van der Waals surface area (Å²) in [6, 6.07) is 12.4. The van der Waals surface area contributed by atoms with Crippen LogP contribution in [0.15, 0.2) is 53.3 Å². The second kappa shape index (κ2) is 6.40. The molecule has 1 N–H and O–H groups in total. The van der Waals surface area contributed by atoms with Crippen LogP contribution in [-0.4, -0.2) is 33.9 Å². The lowest BCUT2D eigenvalue weighted by atomic mass is 9.93. The molecule has 5 heteroatoms. The third-order valence-corrected chi connectivity index (χ3v) is 5.16. The fourth-order valence-corrected chi connectivity index (χ4v) is 3.79. The van der Waals surface area contributed by atoms with Crippen molar-refractivity contribution in [2.24, 2.45) is 0 Å². The van der Waals surface area contributed by atoms with Crippen LogP contribution in [-0.2, 0) is 0 Å². The van der Waals surface area contributed by atoms with Gasteiger partial charge in [0.15, 0.2) is 0 Å². The van der Waals surface area contributed by atoms with Crippen LogP contribution >= 0.6 is 15.9 Å². The van der Waals surface area contributed by atoms with Gasteiger partial charge in [-0.2, -0.15) is 0 Å². The lowest BCUT2D eigenvalue weighted by molar-refractivity contribution is 0.0711. The van der Waals surface area contributed by atoms with E-state index in [0.29, 0.717) is 11.5 Å². The van der Waals surface area contributed by atoms with Gasteiger partial charge in [-0.1, -0.05) is 18.2 Å². The van der Waals surface area contributed by atoms with Crippen molar-refractivity contribution < 1.29 is 4.79 Å². The first kappa shape index (κ1) is 15.4. The molecule has 1 aliphatic heterocycles. The summed E-state index contributed by atoms with van der Waals surface area (Å²) in [6.07, 6.45) is 5.30. The van der Waals surface area contributed by atoms with Crippen LogP contribution < -0.4 is 0 Å². The summed E-state index contributed by atoms with van der Waals surface area (Å²) in [5, 5.41) is 1.26. The number of hydrogen-bond donors (Lipinski definition) is 1. The number of H-pyrrole nitrogens is 1. The van der Waals surface area contributed by atoms with Gasteiger partial charge >= 0.3 is 0 Å².